The number of carbonyl (C=O) groups is 1. The van der Waals surface area contributed by atoms with Crippen LogP contribution in [0.5, 0.6) is 23.0 Å². The first-order chi connectivity index (χ1) is 37.2. The standard InChI is InChI=1S/C64H80N2O6S3Si/c1-7-13-17-19-37-76(38-20-18-14-8-2)56-40-54(39-48(42-65)64(67)68)73-62(56)63-57(76)41-55(74-63)61-59-58(69-35-36-70-59)60(75-61)47-23-25-49(26-24-47)66(50-27-31-52(32-28-50)71-43-45(11-5)21-15-9-3)51-29-33-53(34-30-51)72-44-46(12-6)22-16-10-4/h23-34,39-41,45-46H,7-22,35-38,43-44H2,1-6H3,(H,67,68)/b48-39-. The average Bonchev–Trinajstić information content (AvgIpc) is 4.28. The van der Waals surface area contributed by atoms with Crippen LogP contribution in [0.1, 0.15) is 149 Å². The SMILES string of the molecule is CCCCCC[Si]1(CCCCCC)c2cc(/C=C(/C#N)C(=O)O)sc2-c2sc(-c3sc(-c4ccc(N(c5ccc(OCC(CC)CCCC)cc5)c5ccc(OCC(CC)CCCC)cc5)cc4)c4c3OCCO4)cc21. The maximum absolute atomic E-state index is 12.0. The number of hydrogen-bond acceptors (Lipinski definition) is 10. The highest BCUT2D eigenvalue weighted by molar-refractivity contribution is 7.32. The van der Waals surface area contributed by atoms with E-state index >= 15 is 0 Å². The molecule has 76 heavy (non-hydrogen) atoms. The molecule has 2 atom stereocenters. The van der Waals surface area contributed by atoms with Crippen LogP contribution in [-0.2, 0) is 4.79 Å². The fourth-order valence-corrected chi connectivity index (χ4v) is 21.6. The summed E-state index contributed by atoms with van der Waals surface area (Å²) < 4.78 is 25.9. The van der Waals surface area contributed by atoms with Crippen LogP contribution >= 0.6 is 34.0 Å². The second-order valence-corrected chi connectivity index (χ2v) is 28.3. The molecule has 12 heteroatoms. The maximum atomic E-state index is 12.0. The van der Waals surface area contributed by atoms with E-state index in [-0.39, 0.29) is 5.57 Å². The van der Waals surface area contributed by atoms with Crippen LogP contribution in [-0.4, -0.2) is 45.6 Å². The first kappa shape index (κ1) is 56.9. The van der Waals surface area contributed by atoms with Gasteiger partial charge in [0.25, 0.3) is 0 Å². The summed E-state index contributed by atoms with van der Waals surface area (Å²) >= 11 is 5.25. The van der Waals surface area contributed by atoms with Crippen molar-refractivity contribution in [3.05, 3.63) is 95.4 Å². The summed E-state index contributed by atoms with van der Waals surface area (Å²) in [6.45, 7) is 16.0. The van der Waals surface area contributed by atoms with Gasteiger partial charge in [-0.15, -0.1) is 34.0 Å². The highest BCUT2D eigenvalue weighted by Crippen LogP contribution is 2.56. The summed E-state index contributed by atoms with van der Waals surface area (Å²) in [6.07, 6.45) is 20.6. The van der Waals surface area contributed by atoms with E-state index in [9.17, 15) is 15.2 Å². The lowest BCUT2D eigenvalue weighted by atomic mass is 10.0. The van der Waals surface area contributed by atoms with Gasteiger partial charge in [0.15, 0.2) is 11.5 Å². The molecule has 0 radical (unpaired) electrons. The van der Waals surface area contributed by atoms with E-state index < -0.39 is 14.0 Å². The van der Waals surface area contributed by atoms with Gasteiger partial charge < -0.3 is 29.0 Å². The van der Waals surface area contributed by atoms with Gasteiger partial charge in [-0.05, 0) is 132 Å². The van der Waals surface area contributed by atoms with Gasteiger partial charge in [-0.3, -0.25) is 0 Å². The number of aliphatic carboxylic acids is 1. The van der Waals surface area contributed by atoms with Crippen LogP contribution < -0.4 is 34.2 Å². The van der Waals surface area contributed by atoms with Crippen LogP contribution in [0.25, 0.3) is 36.0 Å². The molecule has 3 aromatic carbocycles. The van der Waals surface area contributed by atoms with Crippen LogP contribution in [0.3, 0.4) is 0 Å². The van der Waals surface area contributed by atoms with Gasteiger partial charge in [0, 0.05) is 36.6 Å². The normalized spacial score (nSPS) is 14.2. The van der Waals surface area contributed by atoms with Crippen LogP contribution in [0.4, 0.5) is 17.1 Å². The predicted octanol–water partition coefficient (Wildman–Crippen LogP) is 18.3. The number of benzene rings is 3. The Morgan fingerprint density at radius 3 is 1.61 bits per heavy atom. The third-order valence-corrected chi connectivity index (χ3v) is 24.9. The van der Waals surface area contributed by atoms with Gasteiger partial charge in [-0.1, -0.05) is 144 Å². The first-order valence-electron chi connectivity index (χ1n) is 28.6. The number of thiophene rings is 3. The Bertz CT molecular complexity index is 2800. The summed E-state index contributed by atoms with van der Waals surface area (Å²) in [7, 11) is -2.28. The van der Waals surface area contributed by atoms with E-state index in [4.69, 9.17) is 18.9 Å². The van der Waals surface area contributed by atoms with E-state index in [0.29, 0.717) is 25.0 Å². The Balaban J connectivity index is 1.14. The molecule has 0 saturated heterocycles. The number of nitriles is 1. The van der Waals surface area contributed by atoms with Gasteiger partial charge in [0.05, 0.1) is 23.0 Å². The number of unbranched alkanes of at least 4 members (excludes halogenated alkanes) is 8. The largest absolute Gasteiger partial charge is 0.493 e. The molecular formula is C64H80N2O6S3Si. The van der Waals surface area contributed by atoms with Crippen LogP contribution in [0, 0.1) is 23.2 Å². The predicted molar refractivity (Wildman–Crippen MR) is 324 cm³/mol. The zero-order valence-corrected chi connectivity index (χ0v) is 49.4. The molecule has 0 bridgehead atoms. The molecule has 8 rings (SSSR count). The minimum atomic E-state index is -2.28. The van der Waals surface area contributed by atoms with E-state index in [1.165, 1.54) is 127 Å². The summed E-state index contributed by atoms with van der Waals surface area (Å²) in [6, 6.07) is 34.9. The molecule has 0 spiro atoms. The third-order valence-electron chi connectivity index (χ3n) is 15.5. The molecule has 2 aliphatic heterocycles. The van der Waals surface area contributed by atoms with Gasteiger partial charge in [-0.2, -0.15) is 5.26 Å². The van der Waals surface area contributed by atoms with E-state index in [1.54, 1.807) is 28.7 Å². The lowest BCUT2D eigenvalue weighted by Gasteiger charge is -2.29. The van der Waals surface area contributed by atoms with Crippen molar-refractivity contribution in [1.29, 1.82) is 5.26 Å². The van der Waals surface area contributed by atoms with Crippen LogP contribution in [0.15, 0.2) is 90.5 Å². The molecule has 1 N–H and O–H groups in total. The number of carboxylic acid groups (broad SMARTS) is 1. The monoisotopic (exact) mass is 1100 g/mol. The molecule has 0 fully saturated rings. The Morgan fingerprint density at radius 2 is 1.12 bits per heavy atom. The molecule has 3 aromatic heterocycles. The summed E-state index contributed by atoms with van der Waals surface area (Å²) in [4.78, 5) is 21.1. The first-order valence-corrected chi connectivity index (χ1v) is 33.5. The van der Waals surface area contributed by atoms with E-state index in [1.807, 2.05) is 17.4 Å². The number of nitrogens with zero attached hydrogens (tertiary/aromatic N) is 2. The number of fused-ring (bicyclic) bond motifs is 4. The zero-order chi connectivity index (χ0) is 53.4. The minimum absolute atomic E-state index is 0.226. The van der Waals surface area contributed by atoms with E-state index in [0.717, 1.165) is 86.3 Å². The molecule has 0 aliphatic carbocycles. The molecule has 0 amide bonds. The van der Waals surface area contributed by atoms with Crippen molar-refractivity contribution in [2.75, 3.05) is 31.3 Å². The summed E-state index contributed by atoms with van der Waals surface area (Å²) in [5, 5.41) is 22.5. The van der Waals surface area contributed by atoms with Crippen molar-refractivity contribution in [1.82, 2.24) is 0 Å². The topological polar surface area (TPSA) is 101 Å². The van der Waals surface area contributed by atoms with Gasteiger partial charge in [0.2, 0.25) is 0 Å². The Morgan fingerprint density at radius 1 is 0.632 bits per heavy atom. The third kappa shape index (κ3) is 13.3. The molecule has 5 heterocycles. The number of anilines is 3. The molecular weight excluding hydrogens is 1020 g/mol. The average molecular weight is 1100 g/mol. The fourth-order valence-electron chi connectivity index (χ4n) is 11.0. The highest BCUT2D eigenvalue weighted by Gasteiger charge is 2.48. The van der Waals surface area contributed by atoms with Crippen molar-refractivity contribution < 1.29 is 28.8 Å². The zero-order valence-electron chi connectivity index (χ0n) is 46.0. The number of ether oxygens (including phenoxy) is 4. The Kier molecular flexibility index (Phi) is 20.8. The lowest BCUT2D eigenvalue weighted by molar-refractivity contribution is -0.132. The maximum Gasteiger partial charge on any atom is 0.346 e. The Hall–Kier alpha value is -5.32. The van der Waals surface area contributed by atoms with Crippen molar-refractivity contribution in [2.45, 2.75) is 156 Å². The highest BCUT2D eigenvalue weighted by atomic mass is 32.1. The summed E-state index contributed by atoms with van der Waals surface area (Å²) in [5.41, 5.74) is 3.95. The van der Waals surface area contributed by atoms with Crippen molar-refractivity contribution in [3.63, 3.8) is 0 Å². The van der Waals surface area contributed by atoms with Crippen LogP contribution in [0.2, 0.25) is 12.1 Å². The van der Waals surface area contributed by atoms with Gasteiger partial charge in [-0.25, -0.2) is 4.79 Å². The summed E-state index contributed by atoms with van der Waals surface area (Å²) in [5.74, 6) is 3.32. The van der Waals surface area contributed by atoms with Crippen molar-refractivity contribution in [2.24, 2.45) is 11.8 Å². The fraction of sp³-hybridized carbons (Fsp3) is 0.469. The van der Waals surface area contributed by atoms with Gasteiger partial charge >= 0.3 is 5.97 Å². The lowest BCUT2D eigenvalue weighted by Crippen LogP contribution is -2.54. The molecule has 404 valence electrons. The second-order valence-electron chi connectivity index (χ2n) is 20.9. The molecule has 8 nitrogen and oxygen atoms in total. The Labute approximate surface area is 466 Å². The van der Waals surface area contributed by atoms with Crippen molar-refractivity contribution in [3.8, 4) is 59.0 Å². The second kappa shape index (κ2) is 27.8. The molecule has 6 aromatic rings. The molecule has 0 saturated carbocycles. The number of carboxylic acids is 1. The van der Waals surface area contributed by atoms with Gasteiger partial charge in [0.1, 0.15) is 44.4 Å². The van der Waals surface area contributed by atoms with Crippen molar-refractivity contribution >= 4 is 81.6 Å². The quantitative estimate of drug-likeness (QED) is 0.0199. The molecule has 2 aliphatic rings. The molecule has 2 unspecified atom stereocenters. The number of hydrogen-bond donors (Lipinski definition) is 1. The minimum Gasteiger partial charge on any atom is -0.493 e. The van der Waals surface area contributed by atoms with E-state index in [2.05, 4.69) is 131 Å². The number of rotatable bonds is 31. The smallest absolute Gasteiger partial charge is 0.346 e.